The normalized spacial score (nSPS) is 25.7. The van der Waals surface area contributed by atoms with Crippen LogP contribution in [0, 0.1) is 11.8 Å². The summed E-state index contributed by atoms with van der Waals surface area (Å²) in [6.45, 7) is 6.12. The number of rotatable bonds is 5. The zero-order valence-corrected chi connectivity index (χ0v) is 15.1. The minimum Gasteiger partial charge on any atom is -0.378 e. The van der Waals surface area contributed by atoms with Crippen molar-refractivity contribution in [2.24, 2.45) is 11.8 Å². The van der Waals surface area contributed by atoms with Gasteiger partial charge in [-0.25, -0.2) is 12.7 Å². The lowest BCUT2D eigenvalue weighted by molar-refractivity contribution is 0.290. The number of hydrogen-bond donors (Lipinski definition) is 0. The fourth-order valence-corrected chi connectivity index (χ4v) is 4.95. The van der Waals surface area contributed by atoms with Crippen molar-refractivity contribution in [3.63, 3.8) is 0 Å². The van der Waals surface area contributed by atoms with Gasteiger partial charge in [0.05, 0.1) is 5.75 Å². The summed E-state index contributed by atoms with van der Waals surface area (Å²) in [6, 6.07) is 8.69. The smallest absolute Gasteiger partial charge is 0.213 e. The summed E-state index contributed by atoms with van der Waals surface area (Å²) in [7, 11) is 1.08. The van der Waals surface area contributed by atoms with Crippen LogP contribution in [0.1, 0.15) is 12.5 Å². The number of benzene rings is 1. The molecule has 2 aliphatic rings. The van der Waals surface area contributed by atoms with Gasteiger partial charge >= 0.3 is 0 Å². The first-order valence-corrected chi connectivity index (χ1v) is 9.96. The van der Waals surface area contributed by atoms with Gasteiger partial charge in [-0.15, -0.1) is 0 Å². The molecular formula is C17H27N3O2S. The van der Waals surface area contributed by atoms with Crippen LogP contribution in [0.4, 0.5) is 5.69 Å². The van der Waals surface area contributed by atoms with E-state index in [1.54, 1.807) is 11.2 Å². The molecule has 1 aromatic carbocycles. The molecule has 2 saturated heterocycles. The molecule has 2 unspecified atom stereocenters. The first-order valence-electron chi connectivity index (χ1n) is 8.35. The molecule has 3 rings (SSSR count). The van der Waals surface area contributed by atoms with Crippen molar-refractivity contribution in [1.82, 2.24) is 9.21 Å². The molecule has 128 valence electrons. The van der Waals surface area contributed by atoms with Gasteiger partial charge in [0.25, 0.3) is 0 Å². The Hall–Kier alpha value is -1.11. The highest BCUT2D eigenvalue weighted by atomic mass is 32.2. The SMILES string of the molecule is CCS(=O)(=O)N1CC2CN(Cc3ccc(N(C)C)cc3)CC2C1. The molecular weight excluding hydrogens is 310 g/mol. The average Bonchev–Trinajstić information content (AvgIpc) is 3.06. The number of sulfonamides is 1. The van der Waals surface area contributed by atoms with E-state index < -0.39 is 10.0 Å². The quantitative estimate of drug-likeness (QED) is 0.816. The van der Waals surface area contributed by atoms with Crippen LogP contribution in [0.2, 0.25) is 0 Å². The van der Waals surface area contributed by atoms with Crippen LogP contribution in [0.3, 0.4) is 0 Å². The predicted octanol–water partition coefficient (Wildman–Crippen LogP) is 1.47. The summed E-state index contributed by atoms with van der Waals surface area (Å²) < 4.78 is 25.7. The standard InChI is InChI=1S/C17H27N3O2S/c1-4-23(21,22)20-12-15-10-19(11-16(15)13-20)9-14-5-7-17(8-6-14)18(2)3/h5-8,15-16H,4,9-13H2,1-3H3. The van der Waals surface area contributed by atoms with Gasteiger partial charge in [0.2, 0.25) is 10.0 Å². The lowest BCUT2D eigenvalue weighted by Crippen LogP contribution is -2.34. The Kier molecular flexibility index (Phi) is 4.67. The Morgan fingerprint density at radius 1 is 1.04 bits per heavy atom. The van der Waals surface area contributed by atoms with Crippen LogP contribution in [0.15, 0.2) is 24.3 Å². The van der Waals surface area contributed by atoms with Gasteiger partial charge in [-0.1, -0.05) is 12.1 Å². The average molecular weight is 337 g/mol. The number of nitrogens with zero attached hydrogens (tertiary/aromatic N) is 3. The fourth-order valence-electron chi connectivity index (χ4n) is 3.74. The highest BCUT2D eigenvalue weighted by Crippen LogP contribution is 2.33. The third-order valence-electron chi connectivity index (χ3n) is 5.15. The Balaban J connectivity index is 1.56. The molecule has 2 atom stereocenters. The highest BCUT2D eigenvalue weighted by Gasteiger charge is 2.43. The summed E-state index contributed by atoms with van der Waals surface area (Å²) >= 11 is 0. The van der Waals surface area contributed by atoms with Crippen LogP contribution in [-0.2, 0) is 16.6 Å². The molecule has 6 heteroatoms. The van der Waals surface area contributed by atoms with Gasteiger partial charge in [0, 0.05) is 52.5 Å². The second-order valence-corrected chi connectivity index (χ2v) is 9.25. The molecule has 2 aliphatic heterocycles. The van der Waals surface area contributed by atoms with Gasteiger partial charge in [0.15, 0.2) is 0 Å². The topological polar surface area (TPSA) is 43.9 Å². The van der Waals surface area contributed by atoms with E-state index in [-0.39, 0.29) is 5.75 Å². The Labute approximate surface area is 139 Å². The summed E-state index contributed by atoms with van der Waals surface area (Å²) in [4.78, 5) is 4.57. The van der Waals surface area contributed by atoms with Crippen molar-refractivity contribution >= 4 is 15.7 Å². The van der Waals surface area contributed by atoms with Crippen molar-refractivity contribution in [2.45, 2.75) is 13.5 Å². The maximum Gasteiger partial charge on any atom is 0.213 e. The zero-order chi connectivity index (χ0) is 16.6. The molecule has 0 spiro atoms. The van der Waals surface area contributed by atoms with Crippen molar-refractivity contribution in [2.75, 3.05) is 50.9 Å². The lowest BCUT2D eigenvalue weighted by Gasteiger charge is -2.21. The van der Waals surface area contributed by atoms with Crippen molar-refractivity contribution in [3.8, 4) is 0 Å². The molecule has 0 radical (unpaired) electrons. The Morgan fingerprint density at radius 2 is 1.61 bits per heavy atom. The van der Waals surface area contributed by atoms with E-state index >= 15 is 0 Å². The van der Waals surface area contributed by atoms with Crippen molar-refractivity contribution < 1.29 is 8.42 Å². The summed E-state index contributed by atoms with van der Waals surface area (Å²) in [5.74, 6) is 1.21. The molecule has 0 aromatic heterocycles. The van der Waals surface area contributed by atoms with E-state index in [4.69, 9.17) is 0 Å². The van der Waals surface area contributed by atoms with Crippen LogP contribution >= 0.6 is 0 Å². The van der Waals surface area contributed by atoms with Crippen LogP contribution in [0.25, 0.3) is 0 Å². The molecule has 2 fully saturated rings. The minimum absolute atomic E-state index is 0.217. The van der Waals surface area contributed by atoms with Gasteiger partial charge in [-0.05, 0) is 36.5 Å². The van der Waals surface area contributed by atoms with Crippen molar-refractivity contribution in [3.05, 3.63) is 29.8 Å². The van der Waals surface area contributed by atoms with Gasteiger partial charge in [-0.2, -0.15) is 0 Å². The van der Waals surface area contributed by atoms with E-state index in [2.05, 4.69) is 34.1 Å². The van der Waals surface area contributed by atoms with Crippen LogP contribution in [-0.4, -0.2) is 63.7 Å². The third kappa shape index (κ3) is 3.54. The minimum atomic E-state index is -3.02. The Morgan fingerprint density at radius 3 is 2.09 bits per heavy atom. The van der Waals surface area contributed by atoms with Gasteiger partial charge < -0.3 is 4.90 Å². The lowest BCUT2D eigenvalue weighted by atomic mass is 10.0. The van der Waals surface area contributed by atoms with Crippen LogP contribution < -0.4 is 4.90 Å². The molecule has 0 saturated carbocycles. The van der Waals surface area contributed by atoms with E-state index in [9.17, 15) is 8.42 Å². The molecule has 0 N–H and O–H groups in total. The molecule has 0 amide bonds. The third-order valence-corrected chi connectivity index (χ3v) is 6.96. The molecule has 23 heavy (non-hydrogen) atoms. The molecule has 2 heterocycles. The van der Waals surface area contributed by atoms with Crippen molar-refractivity contribution in [1.29, 1.82) is 0 Å². The van der Waals surface area contributed by atoms with E-state index in [0.29, 0.717) is 24.9 Å². The molecule has 0 bridgehead atoms. The second-order valence-electron chi connectivity index (χ2n) is 6.99. The molecule has 5 nitrogen and oxygen atoms in total. The first-order chi connectivity index (χ1) is 10.9. The number of likely N-dealkylation sites (tertiary alicyclic amines) is 1. The summed E-state index contributed by atoms with van der Waals surface area (Å²) in [5, 5.41) is 0. The molecule has 1 aromatic rings. The maximum absolute atomic E-state index is 12.0. The fraction of sp³-hybridized carbons (Fsp3) is 0.647. The largest absolute Gasteiger partial charge is 0.378 e. The first kappa shape index (κ1) is 16.7. The number of fused-ring (bicyclic) bond motifs is 1. The second kappa shape index (κ2) is 6.42. The number of hydrogen-bond acceptors (Lipinski definition) is 4. The van der Waals surface area contributed by atoms with E-state index in [1.165, 1.54) is 11.3 Å². The van der Waals surface area contributed by atoms with Gasteiger partial charge in [0.1, 0.15) is 0 Å². The maximum atomic E-state index is 12.0. The Bertz CT molecular complexity index is 628. The van der Waals surface area contributed by atoms with E-state index in [0.717, 1.165) is 19.6 Å². The molecule has 0 aliphatic carbocycles. The highest BCUT2D eigenvalue weighted by molar-refractivity contribution is 7.89. The van der Waals surface area contributed by atoms with E-state index in [1.807, 2.05) is 14.1 Å². The summed E-state index contributed by atoms with van der Waals surface area (Å²) in [5.41, 5.74) is 2.54. The van der Waals surface area contributed by atoms with Gasteiger partial charge in [-0.3, -0.25) is 4.90 Å². The number of anilines is 1. The van der Waals surface area contributed by atoms with Crippen LogP contribution in [0.5, 0.6) is 0 Å². The zero-order valence-electron chi connectivity index (χ0n) is 14.3. The summed E-state index contributed by atoms with van der Waals surface area (Å²) in [6.07, 6.45) is 0. The predicted molar refractivity (Wildman–Crippen MR) is 94.1 cm³/mol. The monoisotopic (exact) mass is 337 g/mol.